The van der Waals surface area contributed by atoms with Crippen LogP contribution in [0.5, 0.6) is 0 Å². The number of halogens is 1. The van der Waals surface area contributed by atoms with Crippen molar-refractivity contribution in [2.45, 2.75) is 13.8 Å². The number of carbonyl (C=O) groups is 1. The normalized spacial score (nSPS) is 10.1. The van der Waals surface area contributed by atoms with Gasteiger partial charge in [0.25, 0.3) is 5.91 Å². The minimum absolute atomic E-state index is 0.249. The van der Waals surface area contributed by atoms with Gasteiger partial charge in [0.15, 0.2) is 0 Å². The van der Waals surface area contributed by atoms with Crippen LogP contribution < -0.4 is 10.6 Å². The quantitative estimate of drug-likeness (QED) is 0.830. The van der Waals surface area contributed by atoms with E-state index in [1.165, 1.54) is 12.4 Å². The lowest BCUT2D eigenvalue weighted by atomic mass is 10.1. The maximum absolute atomic E-state index is 11.7. The van der Waals surface area contributed by atoms with Crippen molar-refractivity contribution in [3.8, 4) is 0 Å². The minimum atomic E-state index is -0.288. The van der Waals surface area contributed by atoms with Crippen molar-refractivity contribution in [1.29, 1.82) is 0 Å². The lowest BCUT2D eigenvalue weighted by Crippen LogP contribution is -2.24. The second-order valence-corrected chi connectivity index (χ2v) is 5.26. The summed E-state index contributed by atoms with van der Waals surface area (Å²) in [6.45, 7) is 7.87. The average Bonchev–Trinajstić information content (AvgIpc) is 2.49. The lowest BCUT2D eigenvalue weighted by molar-refractivity contribution is 0.0952. The van der Waals surface area contributed by atoms with Gasteiger partial charge in [0.2, 0.25) is 0 Å². The van der Waals surface area contributed by atoms with E-state index in [0.29, 0.717) is 17.4 Å². The molecule has 0 radical (unpaired) electrons. The number of carbonyl (C=O) groups excluding carboxylic acids is 1. The Labute approximate surface area is 134 Å². The topological polar surface area (TPSA) is 66.9 Å². The second kappa shape index (κ2) is 7.04. The van der Waals surface area contributed by atoms with Crippen molar-refractivity contribution in [2.75, 3.05) is 11.9 Å². The highest BCUT2D eigenvalue weighted by Crippen LogP contribution is 2.29. The monoisotopic (exact) mass is 316 g/mol. The summed E-state index contributed by atoms with van der Waals surface area (Å²) >= 11 is 6.24. The molecular weight excluding hydrogens is 300 g/mol. The molecule has 0 aliphatic carbocycles. The Morgan fingerprint density at radius 2 is 2.09 bits per heavy atom. The third kappa shape index (κ3) is 3.83. The summed E-state index contributed by atoms with van der Waals surface area (Å²) in [6, 6.07) is 3.90. The van der Waals surface area contributed by atoms with E-state index in [4.69, 9.17) is 11.6 Å². The summed E-state index contributed by atoms with van der Waals surface area (Å²) in [5, 5.41) is 6.38. The van der Waals surface area contributed by atoms with E-state index in [-0.39, 0.29) is 11.6 Å². The van der Waals surface area contributed by atoms with E-state index in [1.807, 2.05) is 26.0 Å². The number of aryl methyl sites for hydroxylation is 2. The Kier molecular flexibility index (Phi) is 5.12. The van der Waals surface area contributed by atoms with Crippen LogP contribution in [-0.2, 0) is 0 Å². The predicted octanol–water partition coefficient (Wildman–Crippen LogP) is 3.41. The molecule has 0 fully saturated rings. The van der Waals surface area contributed by atoms with Crippen molar-refractivity contribution in [2.24, 2.45) is 0 Å². The number of nitrogens with one attached hydrogen (secondary N) is 2. The number of anilines is 2. The van der Waals surface area contributed by atoms with Crippen molar-refractivity contribution in [1.82, 2.24) is 15.3 Å². The fourth-order valence-corrected chi connectivity index (χ4v) is 2.34. The highest BCUT2D eigenvalue weighted by molar-refractivity contribution is 6.33. The first-order chi connectivity index (χ1) is 10.5. The number of amides is 1. The van der Waals surface area contributed by atoms with Gasteiger partial charge in [-0.2, -0.15) is 0 Å². The van der Waals surface area contributed by atoms with E-state index in [9.17, 15) is 4.79 Å². The summed E-state index contributed by atoms with van der Waals surface area (Å²) in [6.07, 6.45) is 4.51. The molecule has 0 saturated carbocycles. The van der Waals surface area contributed by atoms with Gasteiger partial charge in [0, 0.05) is 6.54 Å². The third-order valence-corrected chi connectivity index (χ3v) is 3.27. The molecule has 1 aromatic heterocycles. The standard InChI is InChI=1S/C16H17ClN4O/c1-4-5-18-16(22)13-8-20-14(9-19-13)21-15-11(3)6-10(2)7-12(15)17/h4,6-9H,1,5H2,2-3H3,(H,18,22)(H,20,21). The van der Waals surface area contributed by atoms with Gasteiger partial charge < -0.3 is 10.6 Å². The molecule has 0 aliphatic heterocycles. The Morgan fingerprint density at radius 3 is 2.68 bits per heavy atom. The summed E-state index contributed by atoms with van der Waals surface area (Å²) in [4.78, 5) is 20.0. The molecule has 22 heavy (non-hydrogen) atoms. The molecule has 0 unspecified atom stereocenters. The zero-order chi connectivity index (χ0) is 16.1. The van der Waals surface area contributed by atoms with Gasteiger partial charge in [-0.3, -0.25) is 4.79 Å². The largest absolute Gasteiger partial charge is 0.347 e. The van der Waals surface area contributed by atoms with Gasteiger partial charge in [-0.25, -0.2) is 9.97 Å². The number of aromatic nitrogens is 2. The molecule has 5 nitrogen and oxygen atoms in total. The Morgan fingerprint density at radius 1 is 1.32 bits per heavy atom. The molecule has 6 heteroatoms. The van der Waals surface area contributed by atoms with E-state index < -0.39 is 0 Å². The van der Waals surface area contributed by atoms with Gasteiger partial charge in [-0.15, -0.1) is 6.58 Å². The molecule has 0 atom stereocenters. The number of rotatable bonds is 5. The SMILES string of the molecule is C=CCNC(=O)c1cnc(Nc2c(C)cc(C)cc2Cl)cn1. The van der Waals surface area contributed by atoms with Gasteiger partial charge in [0.1, 0.15) is 11.5 Å². The maximum atomic E-state index is 11.7. The molecule has 114 valence electrons. The van der Waals surface area contributed by atoms with E-state index >= 15 is 0 Å². The molecule has 1 aromatic carbocycles. The first kappa shape index (κ1) is 16.0. The van der Waals surface area contributed by atoms with Gasteiger partial charge >= 0.3 is 0 Å². The zero-order valence-corrected chi connectivity index (χ0v) is 13.2. The van der Waals surface area contributed by atoms with Crippen LogP contribution in [0.2, 0.25) is 5.02 Å². The van der Waals surface area contributed by atoms with Gasteiger partial charge in [-0.1, -0.05) is 23.7 Å². The van der Waals surface area contributed by atoms with E-state index in [0.717, 1.165) is 16.8 Å². The minimum Gasteiger partial charge on any atom is -0.347 e. The molecule has 2 rings (SSSR count). The van der Waals surface area contributed by atoms with Crippen molar-refractivity contribution in [3.05, 3.63) is 59.0 Å². The molecule has 1 heterocycles. The molecule has 1 amide bonds. The molecule has 2 aromatic rings. The van der Waals surface area contributed by atoms with Crippen LogP contribution in [0.1, 0.15) is 21.6 Å². The lowest BCUT2D eigenvalue weighted by Gasteiger charge is -2.12. The molecule has 0 spiro atoms. The molecular formula is C16H17ClN4O. The maximum Gasteiger partial charge on any atom is 0.271 e. The predicted molar refractivity (Wildman–Crippen MR) is 88.8 cm³/mol. The fraction of sp³-hybridized carbons (Fsp3) is 0.188. The molecule has 0 bridgehead atoms. The highest BCUT2D eigenvalue weighted by Gasteiger charge is 2.09. The van der Waals surface area contributed by atoms with Crippen molar-refractivity contribution in [3.63, 3.8) is 0 Å². The molecule has 0 aliphatic rings. The smallest absolute Gasteiger partial charge is 0.271 e. The van der Waals surface area contributed by atoms with Crippen LogP contribution in [-0.4, -0.2) is 22.4 Å². The third-order valence-electron chi connectivity index (χ3n) is 2.98. The Balaban J connectivity index is 2.15. The number of hydrogen-bond acceptors (Lipinski definition) is 4. The second-order valence-electron chi connectivity index (χ2n) is 4.85. The number of benzene rings is 1. The van der Waals surface area contributed by atoms with Crippen molar-refractivity contribution >= 4 is 29.0 Å². The molecule has 0 saturated heterocycles. The van der Waals surface area contributed by atoms with E-state index in [2.05, 4.69) is 27.2 Å². The van der Waals surface area contributed by atoms with E-state index in [1.54, 1.807) is 6.08 Å². The van der Waals surface area contributed by atoms with Gasteiger partial charge in [-0.05, 0) is 31.0 Å². The number of hydrogen-bond donors (Lipinski definition) is 2. The summed E-state index contributed by atoms with van der Waals surface area (Å²) < 4.78 is 0. The van der Waals surface area contributed by atoms with Crippen LogP contribution in [0.3, 0.4) is 0 Å². The first-order valence-electron chi connectivity index (χ1n) is 6.76. The zero-order valence-electron chi connectivity index (χ0n) is 12.5. The Hall–Kier alpha value is -2.40. The fourth-order valence-electron chi connectivity index (χ4n) is 1.97. The van der Waals surface area contributed by atoms with Crippen molar-refractivity contribution < 1.29 is 4.79 Å². The molecule has 2 N–H and O–H groups in total. The van der Waals surface area contributed by atoms with Crippen LogP contribution in [0, 0.1) is 13.8 Å². The summed E-state index contributed by atoms with van der Waals surface area (Å²) in [5.74, 6) is 0.234. The van der Waals surface area contributed by atoms with Gasteiger partial charge in [0.05, 0.1) is 23.1 Å². The van der Waals surface area contributed by atoms with Crippen LogP contribution in [0.15, 0.2) is 37.2 Å². The Bertz CT molecular complexity index is 675. The first-order valence-corrected chi connectivity index (χ1v) is 7.14. The highest BCUT2D eigenvalue weighted by atomic mass is 35.5. The van der Waals surface area contributed by atoms with Crippen LogP contribution >= 0.6 is 11.6 Å². The average molecular weight is 317 g/mol. The van der Waals surface area contributed by atoms with Crippen LogP contribution in [0.25, 0.3) is 0 Å². The number of nitrogens with zero attached hydrogens (tertiary/aromatic N) is 2. The summed E-state index contributed by atoms with van der Waals surface area (Å²) in [5.41, 5.74) is 3.14. The summed E-state index contributed by atoms with van der Waals surface area (Å²) in [7, 11) is 0. The van der Waals surface area contributed by atoms with Crippen LogP contribution in [0.4, 0.5) is 11.5 Å².